The van der Waals surface area contributed by atoms with Crippen LogP contribution in [0.3, 0.4) is 0 Å². The van der Waals surface area contributed by atoms with Gasteiger partial charge in [-0.15, -0.1) is 11.8 Å². The largest absolute Gasteiger partial charge is 0.481 e. The highest BCUT2D eigenvalue weighted by Gasteiger charge is 2.30. The smallest absolute Gasteiger partial charge is 0.416 e. The van der Waals surface area contributed by atoms with Gasteiger partial charge in [-0.1, -0.05) is 30.4 Å². The van der Waals surface area contributed by atoms with Crippen LogP contribution in [0.25, 0.3) is 0 Å². The van der Waals surface area contributed by atoms with E-state index in [2.05, 4.69) is 17.2 Å². The zero-order chi connectivity index (χ0) is 24.0. The predicted molar refractivity (Wildman–Crippen MR) is 123 cm³/mol. The summed E-state index contributed by atoms with van der Waals surface area (Å²) in [6.45, 7) is 2.57. The number of benzene rings is 1. The highest BCUT2D eigenvalue weighted by molar-refractivity contribution is 8.01. The van der Waals surface area contributed by atoms with Crippen molar-refractivity contribution in [1.29, 1.82) is 0 Å². The average Bonchev–Trinajstić information content (AvgIpc) is 3.20. The van der Waals surface area contributed by atoms with Crippen LogP contribution in [0.1, 0.15) is 43.7 Å². The van der Waals surface area contributed by atoms with Crippen LogP contribution in [0.15, 0.2) is 34.7 Å². The van der Waals surface area contributed by atoms with Crippen molar-refractivity contribution in [3.05, 3.63) is 41.6 Å². The molecule has 1 aromatic carbocycles. The summed E-state index contributed by atoms with van der Waals surface area (Å²) in [5, 5.41) is 12.0. The van der Waals surface area contributed by atoms with Crippen LogP contribution in [-0.2, 0) is 17.4 Å². The van der Waals surface area contributed by atoms with Gasteiger partial charge in [0, 0.05) is 12.6 Å². The number of aliphatic carboxylic acids is 1. The average molecular weight is 502 g/mol. The highest BCUT2D eigenvalue weighted by atomic mass is 32.2. The lowest BCUT2D eigenvalue weighted by molar-refractivity contribution is -0.137. The Balaban J connectivity index is 1.66. The first-order chi connectivity index (χ1) is 15.6. The molecule has 1 saturated carbocycles. The van der Waals surface area contributed by atoms with E-state index in [1.807, 2.05) is 0 Å². The lowest BCUT2D eigenvalue weighted by Crippen LogP contribution is -2.45. The third kappa shape index (κ3) is 7.63. The van der Waals surface area contributed by atoms with E-state index in [9.17, 15) is 22.8 Å². The van der Waals surface area contributed by atoms with E-state index < -0.39 is 17.7 Å². The summed E-state index contributed by atoms with van der Waals surface area (Å²) in [4.78, 5) is 29.8. The van der Waals surface area contributed by atoms with Gasteiger partial charge >= 0.3 is 18.2 Å². The summed E-state index contributed by atoms with van der Waals surface area (Å²) in [5.41, 5.74) is 0.0362. The predicted octanol–water partition coefficient (Wildman–Crippen LogP) is 5.99. The first kappa shape index (κ1) is 25.4. The zero-order valence-electron chi connectivity index (χ0n) is 18.1. The monoisotopic (exact) mass is 501 g/mol. The summed E-state index contributed by atoms with van der Waals surface area (Å²) >= 11 is 2.34. The number of carbonyl (C=O) groups excluding carboxylic acids is 1. The molecule has 1 aromatic heterocycles. The molecule has 11 heteroatoms. The Kier molecular flexibility index (Phi) is 8.63. The number of nitrogens with zero attached hydrogens (tertiary/aromatic N) is 2. The van der Waals surface area contributed by atoms with Crippen molar-refractivity contribution in [3.63, 3.8) is 0 Å². The fraction of sp³-hybridized carbons (Fsp3) is 0.500. The number of alkyl halides is 3. The van der Waals surface area contributed by atoms with E-state index in [0.29, 0.717) is 28.2 Å². The molecular formula is C22H26F3N3O3S2. The van der Waals surface area contributed by atoms with Gasteiger partial charge in [-0.2, -0.15) is 13.2 Å². The third-order valence-electron chi connectivity index (χ3n) is 5.65. The second kappa shape index (κ2) is 11.2. The second-order valence-electron chi connectivity index (χ2n) is 8.15. The molecule has 1 aliphatic carbocycles. The molecule has 1 heterocycles. The Morgan fingerprint density at radius 1 is 1.21 bits per heavy atom. The van der Waals surface area contributed by atoms with Gasteiger partial charge in [0.1, 0.15) is 0 Å². The summed E-state index contributed by atoms with van der Waals surface area (Å²) < 4.78 is 39.1. The normalized spacial score (nSPS) is 18.7. The number of carbonyl (C=O) groups is 2. The van der Waals surface area contributed by atoms with E-state index in [4.69, 9.17) is 5.11 Å². The van der Waals surface area contributed by atoms with Crippen molar-refractivity contribution >= 4 is 40.2 Å². The van der Waals surface area contributed by atoms with Crippen LogP contribution in [0.2, 0.25) is 0 Å². The molecule has 0 spiro atoms. The van der Waals surface area contributed by atoms with E-state index in [1.165, 1.54) is 29.7 Å². The molecule has 2 aromatic rings. The van der Waals surface area contributed by atoms with Crippen LogP contribution in [0.4, 0.5) is 23.1 Å². The van der Waals surface area contributed by atoms with Gasteiger partial charge in [0.05, 0.1) is 21.7 Å². The molecule has 0 unspecified atom stereocenters. The van der Waals surface area contributed by atoms with Gasteiger partial charge in [0.25, 0.3) is 0 Å². The van der Waals surface area contributed by atoms with Gasteiger partial charge in [-0.25, -0.2) is 9.78 Å². The van der Waals surface area contributed by atoms with Crippen LogP contribution < -0.4 is 5.32 Å². The molecule has 0 radical (unpaired) electrons. The number of hydrogen-bond donors (Lipinski definition) is 2. The Morgan fingerprint density at radius 2 is 1.88 bits per heavy atom. The summed E-state index contributed by atoms with van der Waals surface area (Å²) in [6.07, 6.45) is 1.37. The van der Waals surface area contributed by atoms with Gasteiger partial charge in [-0.3, -0.25) is 10.1 Å². The maximum Gasteiger partial charge on any atom is 0.416 e. The number of anilines is 1. The number of hydrogen-bond acceptors (Lipinski definition) is 5. The maximum absolute atomic E-state index is 13.1. The molecule has 1 aliphatic rings. The number of nitrogens with one attached hydrogen (secondary N) is 1. The van der Waals surface area contributed by atoms with Crippen molar-refractivity contribution in [1.82, 2.24) is 9.88 Å². The van der Waals surface area contributed by atoms with Gasteiger partial charge in [0.15, 0.2) is 5.13 Å². The molecule has 0 aliphatic heterocycles. The van der Waals surface area contributed by atoms with Crippen LogP contribution in [0, 0.1) is 5.92 Å². The minimum absolute atomic E-state index is 0.0523. The molecule has 1 fully saturated rings. The minimum atomic E-state index is -4.38. The Hall–Kier alpha value is -2.27. The third-order valence-corrected chi connectivity index (χ3v) is 7.74. The molecule has 6 nitrogen and oxygen atoms in total. The van der Waals surface area contributed by atoms with E-state index in [0.717, 1.165) is 55.1 Å². The number of urea groups is 1. The molecule has 0 bridgehead atoms. The molecule has 3 rings (SSSR count). The standard InChI is InChI=1S/C22H26F3N3O3S2/c1-14-2-8-17(9-3-14)28(11-10-15-4-6-16(7-5-15)22(23,24)25)21(31)27-20-26-12-19(33-20)32-13-18(29)30/h4-7,12,14,17H,2-3,8-11,13H2,1H3,(H,29,30)(H,26,27,31)/t14-,17-. The molecular weight excluding hydrogens is 475 g/mol. The van der Waals surface area contributed by atoms with E-state index in [-0.39, 0.29) is 17.8 Å². The first-order valence-electron chi connectivity index (χ1n) is 10.7. The number of amides is 2. The Morgan fingerprint density at radius 3 is 2.48 bits per heavy atom. The number of rotatable bonds is 8. The van der Waals surface area contributed by atoms with Crippen molar-refractivity contribution in [2.75, 3.05) is 17.6 Å². The van der Waals surface area contributed by atoms with Gasteiger partial charge < -0.3 is 10.0 Å². The summed E-state index contributed by atoms with van der Waals surface area (Å²) in [5.74, 6) is -0.413. The van der Waals surface area contributed by atoms with Gasteiger partial charge in [0.2, 0.25) is 0 Å². The van der Waals surface area contributed by atoms with E-state index in [1.54, 1.807) is 4.90 Å². The Bertz CT molecular complexity index is 942. The summed E-state index contributed by atoms with van der Waals surface area (Å²) in [6, 6.07) is 4.78. The number of thiazole rings is 1. The maximum atomic E-state index is 13.1. The van der Waals surface area contributed by atoms with Crippen LogP contribution in [0.5, 0.6) is 0 Å². The molecule has 33 heavy (non-hydrogen) atoms. The summed E-state index contributed by atoms with van der Waals surface area (Å²) in [7, 11) is 0. The van der Waals surface area contributed by atoms with Crippen LogP contribution in [-0.4, -0.2) is 45.3 Å². The molecule has 180 valence electrons. The minimum Gasteiger partial charge on any atom is -0.481 e. The van der Waals surface area contributed by atoms with Crippen molar-refractivity contribution in [2.45, 2.75) is 55.5 Å². The number of thioether (sulfide) groups is 1. The van der Waals surface area contributed by atoms with Crippen molar-refractivity contribution < 1.29 is 27.9 Å². The zero-order valence-corrected chi connectivity index (χ0v) is 19.7. The lowest BCUT2D eigenvalue weighted by Gasteiger charge is -2.36. The van der Waals surface area contributed by atoms with E-state index >= 15 is 0 Å². The number of carboxylic acids is 1. The Labute approximate surface area is 198 Å². The fourth-order valence-electron chi connectivity index (χ4n) is 3.79. The molecule has 0 atom stereocenters. The number of aromatic nitrogens is 1. The number of halogens is 3. The molecule has 0 saturated heterocycles. The second-order valence-corrected chi connectivity index (χ2v) is 10.5. The van der Waals surface area contributed by atoms with Crippen molar-refractivity contribution in [2.24, 2.45) is 5.92 Å². The fourth-order valence-corrected chi connectivity index (χ4v) is 5.38. The first-order valence-corrected chi connectivity index (χ1v) is 12.5. The topological polar surface area (TPSA) is 82.5 Å². The quantitative estimate of drug-likeness (QED) is 0.434. The van der Waals surface area contributed by atoms with Crippen molar-refractivity contribution in [3.8, 4) is 0 Å². The number of carboxylic acid groups (broad SMARTS) is 1. The van der Waals surface area contributed by atoms with Crippen LogP contribution >= 0.6 is 23.1 Å². The highest BCUT2D eigenvalue weighted by Crippen LogP contribution is 2.31. The lowest BCUT2D eigenvalue weighted by atomic mass is 9.86. The van der Waals surface area contributed by atoms with Gasteiger partial charge in [-0.05, 0) is 55.7 Å². The molecule has 2 N–H and O–H groups in total. The molecule has 2 amide bonds. The SMILES string of the molecule is C[C@H]1CC[C@H](N(CCc2ccc(C(F)(F)F)cc2)C(=O)Nc2ncc(SCC(=O)O)s2)CC1.